The highest BCUT2D eigenvalue weighted by molar-refractivity contribution is 6.00. The minimum absolute atomic E-state index is 0.0921. The van der Waals surface area contributed by atoms with E-state index in [1.54, 1.807) is 0 Å². The topological polar surface area (TPSA) is 84.5 Å². The Balaban J connectivity index is 2.18. The van der Waals surface area contributed by atoms with Crippen molar-refractivity contribution < 1.29 is 23.5 Å². The van der Waals surface area contributed by atoms with Gasteiger partial charge < -0.3 is 15.4 Å². The number of benzene rings is 1. The van der Waals surface area contributed by atoms with Gasteiger partial charge in [-0.3, -0.25) is 14.4 Å². The van der Waals surface area contributed by atoms with Crippen molar-refractivity contribution in [3.8, 4) is 0 Å². The number of hydrogen-bond donors (Lipinski definition) is 2. The summed E-state index contributed by atoms with van der Waals surface area (Å²) in [4.78, 5) is 34.5. The molecule has 1 aliphatic rings. The van der Waals surface area contributed by atoms with Crippen molar-refractivity contribution in [1.29, 1.82) is 0 Å². The summed E-state index contributed by atoms with van der Waals surface area (Å²) in [5.74, 6) is -2.87. The monoisotopic (exact) mass is 280 g/mol. The Morgan fingerprint density at radius 2 is 2.25 bits per heavy atom. The van der Waals surface area contributed by atoms with Crippen LogP contribution in [0.3, 0.4) is 0 Å². The summed E-state index contributed by atoms with van der Waals surface area (Å²) in [6.07, 6.45) is -0.0921. The molecule has 1 atom stereocenters. The quantitative estimate of drug-likeness (QED) is 0.791. The van der Waals surface area contributed by atoms with Crippen LogP contribution in [0.25, 0.3) is 0 Å². The van der Waals surface area contributed by atoms with Crippen molar-refractivity contribution in [3.63, 3.8) is 0 Å². The first-order valence-corrected chi connectivity index (χ1v) is 5.97. The third kappa shape index (κ3) is 2.93. The van der Waals surface area contributed by atoms with Crippen LogP contribution in [0, 0.1) is 5.82 Å². The van der Waals surface area contributed by atoms with Crippen LogP contribution in [0.2, 0.25) is 0 Å². The largest absolute Gasteiger partial charge is 0.455 e. The van der Waals surface area contributed by atoms with Gasteiger partial charge in [-0.05, 0) is 17.7 Å². The number of likely N-dealkylation sites (N-methyl/N-ethyl adjacent to an activating group) is 1. The van der Waals surface area contributed by atoms with Crippen LogP contribution in [0.1, 0.15) is 17.9 Å². The molecule has 7 heteroatoms. The number of carbonyl (C=O) groups is 3. The highest BCUT2D eigenvalue weighted by Crippen LogP contribution is 2.33. The number of hydrogen-bond acceptors (Lipinski definition) is 4. The van der Waals surface area contributed by atoms with E-state index in [9.17, 15) is 18.8 Å². The fraction of sp³-hybridized carbons (Fsp3) is 0.308. The number of carbonyl (C=O) groups excluding carboxylic acids is 3. The molecule has 0 saturated heterocycles. The van der Waals surface area contributed by atoms with Gasteiger partial charge >= 0.3 is 5.97 Å². The highest BCUT2D eigenvalue weighted by atomic mass is 19.1. The molecular formula is C13H13FN2O4. The molecule has 0 aliphatic carbocycles. The first-order valence-electron chi connectivity index (χ1n) is 5.97. The molecule has 106 valence electrons. The molecule has 0 fully saturated rings. The van der Waals surface area contributed by atoms with Gasteiger partial charge in [0.2, 0.25) is 5.91 Å². The van der Waals surface area contributed by atoms with Gasteiger partial charge in [-0.2, -0.15) is 0 Å². The third-order valence-corrected chi connectivity index (χ3v) is 2.96. The maximum Gasteiger partial charge on any atom is 0.314 e. The Bertz CT molecular complexity index is 573. The van der Waals surface area contributed by atoms with Crippen molar-refractivity contribution in [1.82, 2.24) is 5.32 Å². The lowest BCUT2D eigenvalue weighted by molar-refractivity contribution is -0.150. The number of halogens is 1. The van der Waals surface area contributed by atoms with Gasteiger partial charge in [0.25, 0.3) is 5.91 Å². The zero-order valence-electron chi connectivity index (χ0n) is 10.7. The highest BCUT2D eigenvalue weighted by Gasteiger charge is 2.32. The number of fused-ring (bicyclic) bond motifs is 1. The molecule has 1 aromatic rings. The van der Waals surface area contributed by atoms with E-state index in [0.717, 1.165) is 6.07 Å². The van der Waals surface area contributed by atoms with E-state index < -0.39 is 36.1 Å². The third-order valence-electron chi connectivity index (χ3n) is 2.96. The molecule has 6 nitrogen and oxygen atoms in total. The van der Waals surface area contributed by atoms with E-state index in [0.29, 0.717) is 5.56 Å². The second-order valence-electron chi connectivity index (χ2n) is 4.32. The molecular weight excluding hydrogens is 267 g/mol. The van der Waals surface area contributed by atoms with Crippen molar-refractivity contribution in [2.75, 3.05) is 19.0 Å². The Kier molecular flexibility index (Phi) is 3.97. The molecule has 2 amide bonds. The zero-order valence-corrected chi connectivity index (χ0v) is 10.7. The lowest BCUT2D eigenvalue weighted by Gasteiger charge is -2.24. The molecule has 1 aliphatic heterocycles. The van der Waals surface area contributed by atoms with Gasteiger partial charge in [-0.15, -0.1) is 0 Å². The summed E-state index contributed by atoms with van der Waals surface area (Å²) in [5, 5.41) is 4.81. The van der Waals surface area contributed by atoms with Crippen molar-refractivity contribution in [2.45, 2.75) is 12.3 Å². The summed E-state index contributed by atoms with van der Waals surface area (Å²) >= 11 is 0. The Morgan fingerprint density at radius 3 is 2.95 bits per heavy atom. The molecule has 0 saturated carbocycles. The number of anilines is 1. The SMILES string of the molecule is CNC(=O)COC(=O)C1CC(=O)Nc2cc(F)ccc21. The first-order chi connectivity index (χ1) is 9.51. The van der Waals surface area contributed by atoms with Crippen LogP contribution in [0.15, 0.2) is 18.2 Å². The van der Waals surface area contributed by atoms with Crippen molar-refractivity contribution in [3.05, 3.63) is 29.6 Å². The van der Waals surface area contributed by atoms with Gasteiger partial charge in [0.1, 0.15) is 5.82 Å². The molecule has 20 heavy (non-hydrogen) atoms. The summed E-state index contributed by atoms with van der Waals surface area (Å²) in [6, 6.07) is 3.77. The van der Waals surface area contributed by atoms with Crippen molar-refractivity contribution in [2.24, 2.45) is 0 Å². The number of rotatable bonds is 3. The lowest BCUT2D eigenvalue weighted by Crippen LogP contribution is -2.31. The maximum absolute atomic E-state index is 13.1. The first kappa shape index (κ1) is 14.0. The van der Waals surface area contributed by atoms with E-state index in [1.807, 2.05) is 0 Å². The smallest absolute Gasteiger partial charge is 0.314 e. The summed E-state index contributed by atoms with van der Waals surface area (Å²) in [5.41, 5.74) is 0.732. The average molecular weight is 280 g/mol. The zero-order chi connectivity index (χ0) is 14.7. The minimum atomic E-state index is -0.830. The fourth-order valence-corrected chi connectivity index (χ4v) is 1.96. The van der Waals surface area contributed by atoms with Crippen LogP contribution in [-0.4, -0.2) is 31.4 Å². The van der Waals surface area contributed by atoms with Crippen LogP contribution < -0.4 is 10.6 Å². The van der Waals surface area contributed by atoms with Crippen molar-refractivity contribution >= 4 is 23.5 Å². The summed E-state index contributed by atoms with van der Waals surface area (Å²) in [7, 11) is 1.42. The van der Waals surface area contributed by atoms with Gasteiger partial charge in [0.05, 0.1) is 5.92 Å². The van der Waals surface area contributed by atoms with Crippen LogP contribution in [0.5, 0.6) is 0 Å². The predicted octanol–water partition coefficient (Wildman–Crippen LogP) is 0.541. The molecule has 0 aromatic heterocycles. The average Bonchev–Trinajstić information content (AvgIpc) is 2.42. The Hall–Kier alpha value is -2.44. The van der Waals surface area contributed by atoms with E-state index >= 15 is 0 Å². The minimum Gasteiger partial charge on any atom is -0.455 e. The van der Waals surface area contributed by atoms with Crippen LogP contribution in [-0.2, 0) is 19.1 Å². The van der Waals surface area contributed by atoms with Gasteiger partial charge in [-0.1, -0.05) is 6.07 Å². The lowest BCUT2D eigenvalue weighted by atomic mass is 9.90. The molecule has 0 bridgehead atoms. The summed E-state index contributed by atoms with van der Waals surface area (Å²) < 4.78 is 18.0. The van der Waals surface area contributed by atoms with Gasteiger partial charge in [-0.25, -0.2) is 4.39 Å². The van der Waals surface area contributed by atoms with Crippen LogP contribution in [0.4, 0.5) is 10.1 Å². The fourth-order valence-electron chi connectivity index (χ4n) is 1.96. The molecule has 2 N–H and O–H groups in total. The van der Waals surface area contributed by atoms with E-state index in [-0.39, 0.29) is 12.1 Å². The predicted molar refractivity (Wildman–Crippen MR) is 67.4 cm³/mol. The molecule has 1 aromatic carbocycles. The number of amides is 2. The molecule has 1 unspecified atom stereocenters. The second-order valence-corrected chi connectivity index (χ2v) is 4.32. The Morgan fingerprint density at radius 1 is 1.50 bits per heavy atom. The normalized spacial score (nSPS) is 16.9. The standard InChI is InChI=1S/C13H13FN2O4/c1-15-12(18)6-20-13(19)9-5-11(17)16-10-4-7(14)2-3-8(9)10/h2-4,9H,5-6H2,1H3,(H,15,18)(H,16,17). The van der Waals surface area contributed by atoms with Gasteiger partial charge in [0, 0.05) is 19.2 Å². The molecule has 0 spiro atoms. The second kappa shape index (κ2) is 5.68. The van der Waals surface area contributed by atoms with E-state index in [2.05, 4.69) is 10.6 Å². The summed E-state index contributed by atoms with van der Waals surface area (Å²) in [6.45, 7) is -0.413. The number of ether oxygens (including phenoxy) is 1. The van der Waals surface area contributed by atoms with E-state index in [1.165, 1.54) is 19.2 Å². The Labute approximate surface area is 114 Å². The number of nitrogens with one attached hydrogen (secondary N) is 2. The molecule has 0 radical (unpaired) electrons. The number of esters is 1. The maximum atomic E-state index is 13.1. The molecule has 2 rings (SSSR count). The van der Waals surface area contributed by atoms with Crippen LogP contribution >= 0.6 is 0 Å². The molecule has 1 heterocycles. The van der Waals surface area contributed by atoms with E-state index in [4.69, 9.17) is 4.74 Å². The van der Waals surface area contributed by atoms with Gasteiger partial charge in [0.15, 0.2) is 6.61 Å².